The molecule has 9 heavy (non-hydrogen) atoms. The predicted molar refractivity (Wildman–Crippen MR) is 36.3 cm³/mol. The molecule has 2 aromatic rings. The maximum absolute atomic E-state index is 4.01. The van der Waals surface area contributed by atoms with Gasteiger partial charge in [0.05, 0.1) is 10.2 Å². The van der Waals surface area contributed by atoms with Crippen LogP contribution in [0.3, 0.4) is 0 Å². The molecule has 0 atom stereocenters. The summed E-state index contributed by atoms with van der Waals surface area (Å²) >= 11 is 1.54. The lowest BCUT2D eigenvalue weighted by molar-refractivity contribution is 1.23. The fourth-order valence-electron chi connectivity index (χ4n) is 0.662. The van der Waals surface area contributed by atoms with Gasteiger partial charge in [0, 0.05) is 11.6 Å². The summed E-state index contributed by atoms with van der Waals surface area (Å²) in [6, 6.07) is 1.86. The molecule has 2 nitrogen and oxygen atoms in total. The monoisotopic (exact) mass is 135 g/mol. The molecule has 0 fully saturated rings. The van der Waals surface area contributed by atoms with Crippen molar-refractivity contribution < 1.29 is 0 Å². The molecule has 0 unspecified atom stereocenters. The highest BCUT2D eigenvalue weighted by Crippen LogP contribution is 2.14. The summed E-state index contributed by atoms with van der Waals surface area (Å²) in [5.41, 5.74) is 0.981. The summed E-state index contributed by atoms with van der Waals surface area (Å²) in [6.45, 7) is 0. The van der Waals surface area contributed by atoms with E-state index in [9.17, 15) is 0 Å². The van der Waals surface area contributed by atoms with Gasteiger partial charge in [-0.05, 0) is 6.07 Å². The molecule has 0 aliphatic rings. The maximum Gasteiger partial charge on any atom is 0.116 e. The Morgan fingerprint density at radius 1 is 1.56 bits per heavy atom. The van der Waals surface area contributed by atoms with Crippen molar-refractivity contribution in [2.24, 2.45) is 0 Å². The van der Waals surface area contributed by atoms with E-state index in [0.717, 1.165) is 10.2 Å². The van der Waals surface area contributed by atoms with Crippen molar-refractivity contribution in [3.8, 4) is 0 Å². The Kier molecular flexibility index (Phi) is 0.960. The molecular weight excluding hydrogens is 132 g/mol. The minimum atomic E-state index is 0.981. The van der Waals surface area contributed by atoms with Crippen LogP contribution < -0.4 is 0 Å². The lowest BCUT2D eigenvalue weighted by Crippen LogP contribution is -1.72. The van der Waals surface area contributed by atoms with E-state index >= 15 is 0 Å². The van der Waals surface area contributed by atoms with Crippen LogP contribution in [0.25, 0.3) is 10.2 Å². The zero-order valence-corrected chi connectivity index (χ0v) is 5.35. The first kappa shape index (κ1) is 4.88. The Hall–Kier alpha value is -0.960. The number of rotatable bonds is 0. The molecule has 0 amide bonds. The summed E-state index contributed by atoms with van der Waals surface area (Å²) in [5, 5.41) is 2.98. The summed E-state index contributed by atoms with van der Waals surface area (Å²) in [5.74, 6) is 0. The largest absolute Gasteiger partial charge is 0.243 e. The van der Waals surface area contributed by atoms with Gasteiger partial charge < -0.3 is 0 Å². The van der Waals surface area contributed by atoms with Crippen LogP contribution >= 0.6 is 11.3 Å². The number of aromatic nitrogens is 2. The maximum atomic E-state index is 4.01. The second kappa shape index (κ2) is 1.77. The topological polar surface area (TPSA) is 25.8 Å². The number of hydrogen-bond donors (Lipinski definition) is 0. The van der Waals surface area contributed by atoms with Gasteiger partial charge in [0.1, 0.15) is 6.33 Å². The first-order valence-corrected chi connectivity index (χ1v) is 3.34. The molecule has 0 spiro atoms. The molecule has 1 radical (unpaired) electrons. The van der Waals surface area contributed by atoms with E-state index in [4.69, 9.17) is 0 Å². The van der Waals surface area contributed by atoms with Crippen molar-refractivity contribution in [1.82, 2.24) is 9.97 Å². The van der Waals surface area contributed by atoms with E-state index in [2.05, 4.69) is 15.3 Å². The third-order valence-corrected chi connectivity index (χ3v) is 1.84. The molecule has 0 aliphatic carbocycles. The number of hydrogen-bond acceptors (Lipinski definition) is 3. The fourth-order valence-corrected chi connectivity index (χ4v) is 1.29. The van der Waals surface area contributed by atoms with E-state index in [1.807, 2.05) is 6.07 Å². The Morgan fingerprint density at radius 3 is 3.44 bits per heavy atom. The Bertz CT molecular complexity index is 285. The average molecular weight is 135 g/mol. The van der Waals surface area contributed by atoms with Gasteiger partial charge in [0.15, 0.2) is 0 Å². The second-order valence-corrected chi connectivity index (χ2v) is 2.52. The van der Waals surface area contributed by atoms with Crippen LogP contribution in [0.1, 0.15) is 0 Å². The average Bonchev–Trinajstić information content (AvgIpc) is 2.33. The highest BCUT2D eigenvalue weighted by atomic mass is 32.1. The SMILES string of the molecule is [c]1cc2ncncc2s1. The first-order valence-electron chi connectivity index (χ1n) is 2.52. The number of fused-ring (bicyclic) bond motifs is 1. The smallest absolute Gasteiger partial charge is 0.116 e. The fraction of sp³-hybridized carbons (Fsp3) is 0. The van der Waals surface area contributed by atoms with Crippen LogP contribution in [0, 0.1) is 5.38 Å². The molecule has 3 heteroatoms. The van der Waals surface area contributed by atoms with E-state index in [-0.39, 0.29) is 0 Å². The molecule has 0 saturated heterocycles. The van der Waals surface area contributed by atoms with Gasteiger partial charge in [0.2, 0.25) is 0 Å². The van der Waals surface area contributed by atoms with Crippen molar-refractivity contribution in [3.05, 3.63) is 24.0 Å². The van der Waals surface area contributed by atoms with E-state index in [1.165, 1.54) is 11.3 Å². The van der Waals surface area contributed by atoms with Gasteiger partial charge in [-0.2, -0.15) is 0 Å². The summed E-state index contributed by atoms with van der Waals surface area (Å²) in [4.78, 5) is 7.87. The quantitative estimate of drug-likeness (QED) is 0.547. The van der Waals surface area contributed by atoms with Crippen LogP contribution in [-0.4, -0.2) is 9.97 Å². The molecule has 2 aromatic heterocycles. The highest BCUT2D eigenvalue weighted by molar-refractivity contribution is 7.16. The van der Waals surface area contributed by atoms with Gasteiger partial charge in [0.25, 0.3) is 0 Å². The third kappa shape index (κ3) is 0.695. The van der Waals surface area contributed by atoms with Crippen LogP contribution in [0.15, 0.2) is 18.6 Å². The van der Waals surface area contributed by atoms with Gasteiger partial charge >= 0.3 is 0 Å². The highest BCUT2D eigenvalue weighted by Gasteiger charge is 1.91. The lowest BCUT2D eigenvalue weighted by Gasteiger charge is -1.80. The summed E-state index contributed by atoms with van der Waals surface area (Å²) < 4.78 is 1.09. The van der Waals surface area contributed by atoms with Crippen molar-refractivity contribution in [2.45, 2.75) is 0 Å². The lowest BCUT2D eigenvalue weighted by atomic mass is 10.5. The van der Waals surface area contributed by atoms with E-state index in [1.54, 1.807) is 12.5 Å². The van der Waals surface area contributed by atoms with Crippen molar-refractivity contribution in [1.29, 1.82) is 0 Å². The Balaban J connectivity index is 2.95. The zero-order chi connectivity index (χ0) is 6.10. The molecule has 0 aromatic carbocycles. The first-order chi connectivity index (χ1) is 4.47. The standard InChI is InChI=1S/C6H3N2S/c1-2-9-6-3-7-4-8-5(1)6/h1,3-4H. The third-order valence-electron chi connectivity index (χ3n) is 1.07. The van der Waals surface area contributed by atoms with Gasteiger partial charge in [-0.15, -0.1) is 11.3 Å². The Labute approximate surface area is 56.2 Å². The minimum Gasteiger partial charge on any atom is -0.243 e. The normalized spacial score (nSPS) is 10.2. The molecule has 0 saturated carbocycles. The van der Waals surface area contributed by atoms with E-state index in [0.29, 0.717) is 0 Å². The zero-order valence-electron chi connectivity index (χ0n) is 4.53. The Morgan fingerprint density at radius 2 is 2.56 bits per heavy atom. The molecule has 0 N–H and O–H groups in total. The molecule has 2 heterocycles. The molecule has 43 valence electrons. The predicted octanol–water partition coefficient (Wildman–Crippen LogP) is 1.49. The molecule has 2 rings (SSSR count). The second-order valence-electron chi connectivity index (χ2n) is 1.64. The minimum absolute atomic E-state index is 0.981. The van der Waals surface area contributed by atoms with Gasteiger partial charge in [-0.1, -0.05) is 0 Å². The number of thiophene rings is 1. The van der Waals surface area contributed by atoms with Crippen LogP contribution in [0.5, 0.6) is 0 Å². The molecular formula is C6H3N2S. The van der Waals surface area contributed by atoms with Crippen molar-refractivity contribution in [2.75, 3.05) is 0 Å². The summed E-state index contributed by atoms with van der Waals surface area (Å²) in [6.07, 6.45) is 3.34. The van der Waals surface area contributed by atoms with Crippen molar-refractivity contribution in [3.63, 3.8) is 0 Å². The molecule has 0 aliphatic heterocycles. The van der Waals surface area contributed by atoms with Crippen LogP contribution in [-0.2, 0) is 0 Å². The van der Waals surface area contributed by atoms with Crippen LogP contribution in [0.2, 0.25) is 0 Å². The number of nitrogens with zero attached hydrogens (tertiary/aromatic N) is 2. The van der Waals surface area contributed by atoms with Gasteiger partial charge in [-0.25, -0.2) is 9.97 Å². The summed E-state index contributed by atoms with van der Waals surface area (Å²) in [7, 11) is 0. The van der Waals surface area contributed by atoms with Crippen molar-refractivity contribution >= 4 is 21.6 Å². The van der Waals surface area contributed by atoms with E-state index < -0.39 is 0 Å². The van der Waals surface area contributed by atoms with Crippen LogP contribution in [0.4, 0.5) is 0 Å². The van der Waals surface area contributed by atoms with Gasteiger partial charge in [-0.3, -0.25) is 0 Å². The molecule has 0 bridgehead atoms.